The monoisotopic (exact) mass is 281 g/mol. The number of carbonyl (C=O) groups excluding carboxylic acids is 2. The van der Waals surface area contributed by atoms with Gasteiger partial charge in [0.2, 0.25) is 0 Å². The third-order valence-electron chi connectivity index (χ3n) is 3.57. The number of rotatable bonds is 3. The average molecular weight is 281 g/mol. The minimum absolute atomic E-state index is 0.382. The summed E-state index contributed by atoms with van der Waals surface area (Å²) < 4.78 is 0. The van der Waals surface area contributed by atoms with Gasteiger partial charge in [0.15, 0.2) is 0 Å². The zero-order chi connectivity index (χ0) is 15.0. The number of amides is 2. The van der Waals surface area contributed by atoms with Gasteiger partial charge in [0.05, 0.1) is 11.1 Å². The van der Waals surface area contributed by atoms with Crippen molar-refractivity contribution in [3.05, 3.63) is 70.8 Å². The van der Waals surface area contributed by atoms with E-state index in [1.54, 1.807) is 24.3 Å². The maximum atomic E-state index is 12.2. The minimum atomic E-state index is -0.408. The van der Waals surface area contributed by atoms with Crippen LogP contribution < -0.4 is 0 Å². The predicted molar refractivity (Wildman–Crippen MR) is 77.6 cm³/mol. The van der Waals surface area contributed by atoms with Crippen molar-refractivity contribution in [3.63, 3.8) is 0 Å². The van der Waals surface area contributed by atoms with Crippen LogP contribution in [-0.4, -0.2) is 16.9 Å². The summed E-state index contributed by atoms with van der Waals surface area (Å²) in [6.45, 7) is 3.81. The highest BCUT2D eigenvalue weighted by atomic mass is 16.7. The summed E-state index contributed by atoms with van der Waals surface area (Å²) >= 11 is 0. The lowest BCUT2D eigenvalue weighted by atomic mass is 10.1. The van der Waals surface area contributed by atoms with Gasteiger partial charge in [-0.2, -0.15) is 0 Å². The Morgan fingerprint density at radius 3 is 1.95 bits per heavy atom. The van der Waals surface area contributed by atoms with E-state index in [1.165, 1.54) is 0 Å². The number of hydroxylamine groups is 2. The summed E-state index contributed by atoms with van der Waals surface area (Å²) in [7, 11) is 0. The van der Waals surface area contributed by atoms with E-state index in [4.69, 9.17) is 4.84 Å². The molecule has 0 bridgehead atoms. The van der Waals surface area contributed by atoms with Crippen molar-refractivity contribution in [2.75, 3.05) is 0 Å². The van der Waals surface area contributed by atoms with Gasteiger partial charge in [-0.3, -0.25) is 14.4 Å². The van der Waals surface area contributed by atoms with Crippen molar-refractivity contribution < 1.29 is 14.4 Å². The Hall–Kier alpha value is -2.46. The molecule has 1 aliphatic rings. The number of imide groups is 1. The molecule has 0 N–H and O–H groups in total. The fourth-order valence-corrected chi connectivity index (χ4v) is 2.32. The summed E-state index contributed by atoms with van der Waals surface area (Å²) in [5.41, 5.74) is 2.83. The first-order chi connectivity index (χ1) is 10.1. The molecule has 0 spiro atoms. The largest absolute Gasteiger partial charge is 0.285 e. The van der Waals surface area contributed by atoms with E-state index in [2.05, 4.69) is 0 Å². The van der Waals surface area contributed by atoms with E-state index in [9.17, 15) is 9.59 Å². The molecule has 0 radical (unpaired) electrons. The molecule has 0 saturated heterocycles. The second kappa shape index (κ2) is 5.14. The summed E-state index contributed by atoms with van der Waals surface area (Å²) in [6.07, 6.45) is -0.382. The van der Waals surface area contributed by atoms with E-state index in [1.807, 2.05) is 38.1 Å². The molecule has 0 aliphatic carbocycles. The second-order valence-corrected chi connectivity index (χ2v) is 5.11. The lowest BCUT2D eigenvalue weighted by Crippen LogP contribution is -2.31. The fourth-order valence-electron chi connectivity index (χ4n) is 2.32. The molecule has 2 aromatic rings. The van der Waals surface area contributed by atoms with Crippen LogP contribution in [0.3, 0.4) is 0 Å². The van der Waals surface area contributed by atoms with Crippen molar-refractivity contribution in [3.8, 4) is 0 Å². The summed E-state index contributed by atoms with van der Waals surface area (Å²) in [5.74, 6) is -0.816. The van der Waals surface area contributed by atoms with E-state index in [0.717, 1.165) is 16.2 Å². The van der Waals surface area contributed by atoms with Crippen LogP contribution >= 0.6 is 0 Å². The SMILES string of the molecule is Cc1ccc([C@@H](C)ON2C(=O)c3ccccc3C2=O)cc1. The number of aryl methyl sites for hydroxylation is 1. The van der Waals surface area contributed by atoms with Crippen LogP contribution in [0.4, 0.5) is 0 Å². The van der Waals surface area contributed by atoms with Crippen molar-refractivity contribution in [2.24, 2.45) is 0 Å². The standard InChI is InChI=1S/C17H15NO3/c1-11-7-9-13(10-8-11)12(2)21-18-16(19)14-5-3-4-6-15(14)17(18)20/h3-10,12H,1-2H3/t12-/m1/s1. The Morgan fingerprint density at radius 1 is 0.905 bits per heavy atom. The molecule has 0 fully saturated rings. The Kier molecular flexibility index (Phi) is 3.31. The predicted octanol–water partition coefficient (Wildman–Crippen LogP) is 3.28. The first-order valence-corrected chi connectivity index (χ1v) is 6.79. The lowest BCUT2D eigenvalue weighted by Gasteiger charge is -2.19. The quantitative estimate of drug-likeness (QED) is 0.811. The van der Waals surface area contributed by atoms with Crippen LogP contribution in [0, 0.1) is 6.92 Å². The van der Waals surface area contributed by atoms with Gasteiger partial charge < -0.3 is 0 Å². The average Bonchev–Trinajstić information content (AvgIpc) is 2.73. The van der Waals surface area contributed by atoms with Crippen LogP contribution in [-0.2, 0) is 4.84 Å². The van der Waals surface area contributed by atoms with Crippen molar-refractivity contribution in [2.45, 2.75) is 20.0 Å². The first-order valence-electron chi connectivity index (χ1n) is 6.79. The highest BCUT2D eigenvalue weighted by molar-refractivity contribution is 6.20. The molecule has 106 valence electrons. The van der Waals surface area contributed by atoms with Crippen molar-refractivity contribution in [1.82, 2.24) is 5.06 Å². The van der Waals surface area contributed by atoms with Gasteiger partial charge in [0.25, 0.3) is 11.8 Å². The zero-order valence-corrected chi connectivity index (χ0v) is 11.9. The Labute approximate surface area is 122 Å². The topological polar surface area (TPSA) is 46.6 Å². The minimum Gasteiger partial charge on any atom is -0.266 e. The Bertz CT molecular complexity index is 671. The third kappa shape index (κ3) is 2.34. The molecule has 2 amide bonds. The zero-order valence-electron chi connectivity index (χ0n) is 11.9. The maximum Gasteiger partial charge on any atom is 0.285 e. The summed E-state index contributed by atoms with van der Waals surface area (Å²) in [4.78, 5) is 30.0. The van der Waals surface area contributed by atoms with Crippen molar-refractivity contribution in [1.29, 1.82) is 0 Å². The van der Waals surface area contributed by atoms with E-state index in [-0.39, 0.29) is 6.10 Å². The molecule has 1 heterocycles. The van der Waals surface area contributed by atoms with Gasteiger partial charge in [0, 0.05) is 0 Å². The second-order valence-electron chi connectivity index (χ2n) is 5.11. The molecule has 0 saturated carbocycles. The third-order valence-corrected chi connectivity index (χ3v) is 3.57. The van der Waals surface area contributed by atoms with Gasteiger partial charge in [-0.1, -0.05) is 42.0 Å². The van der Waals surface area contributed by atoms with Gasteiger partial charge >= 0.3 is 0 Å². The van der Waals surface area contributed by atoms with E-state index in [0.29, 0.717) is 11.1 Å². The summed E-state index contributed by atoms with van der Waals surface area (Å²) in [5, 5.41) is 0.856. The number of carbonyl (C=O) groups is 2. The molecule has 0 aromatic heterocycles. The Morgan fingerprint density at radius 2 is 1.43 bits per heavy atom. The molecule has 3 rings (SSSR count). The molecular weight excluding hydrogens is 266 g/mol. The van der Waals surface area contributed by atoms with Crippen LogP contribution in [0.15, 0.2) is 48.5 Å². The molecule has 4 heteroatoms. The molecule has 1 aliphatic heterocycles. The highest BCUT2D eigenvalue weighted by Gasteiger charge is 2.37. The fraction of sp³-hybridized carbons (Fsp3) is 0.176. The van der Waals surface area contributed by atoms with Gasteiger partial charge in [-0.25, -0.2) is 0 Å². The molecule has 2 aromatic carbocycles. The van der Waals surface area contributed by atoms with E-state index >= 15 is 0 Å². The normalized spacial score (nSPS) is 15.2. The molecule has 0 unspecified atom stereocenters. The van der Waals surface area contributed by atoms with Crippen LogP contribution in [0.2, 0.25) is 0 Å². The van der Waals surface area contributed by atoms with E-state index < -0.39 is 11.8 Å². The van der Waals surface area contributed by atoms with Crippen LogP contribution in [0.1, 0.15) is 44.9 Å². The molecular formula is C17H15NO3. The first kappa shape index (κ1) is 13.5. The van der Waals surface area contributed by atoms with Crippen molar-refractivity contribution >= 4 is 11.8 Å². The van der Waals surface area contributed by atoms with Gasteiger partial charge in [-0.15, -0.1) is 5.06 Å². The van der Waals surface area contributed by atoms with Crippen LogP contribution in [0.25, 0.3) is 0 Å². The number of nitrogens with zero attached hydrogens (tertiary/aromatic N) is 1. The van der Waals surface area contributed by atoms with Crippen LogP contribution in [0.5, 0.6) is 0 Å². The number of hydrogen-bond acceptors (Lipinski definition) is 3. The van der Waals surface area contributed by atoms with Gasteiger partial charge in [-0.05, 0) is 31.5 Å². The number of benzene rings is 2. The summed E-state index contributed by atoms with van der Waals surface area (Å²) in [6, 6.07) is 14.5. The number of fused-ring (bicyclic) bond motifs is 1. The lowest BCUT2D eigenvalue weighted by molar-refractivity contribution is -0.128. The van der Waals surface area contributed by atoms with Gasteiger partial charge in [0.1, 0.15) is 6.10 Å². The Balaban J connectivity index is 1.82. The number of hydrogen-bond donors (Lipinski definition) is 0. The molecule has 4 nitrogen and oxygen atoms in total. The highest BCUT2D eigenvalue weighted by Crippen LogP contribution is 2.27. The molecule has 1 atom stereocenters. The molecule has 21 heavy (non-hydrogen) atoms. The maximum absolute atomic E-state index is 12.2. The smallest absolute Gasteiger partial charge is 0.266 e.